The average molecular weight is 291 g/mol. The van der Waals surface area contributed by atoms with Crippen molar-refractivity contribution in [3.05, 3.63) is 29.8 Å². The number of para-hydroxylation sites is 1. The van der Waals surface area contributed by atoms with E-state index in [9.17, 15) is 9.59 Å². The second-order valence-corrected chi connectivity index (χ2v) is 5.49. The molecule has 2 rings (SSSR count). The first kappa shape index (κ1) is 15.3. The van der Waals surface area contributed by atoms with Crippen LogP contribution in [0.25, 0.3) is 0 Å². The molecule has 1 aromatic rings. The Morgan fingerprint density at radius 1 is 1.33 bits per heavy atom. The van der Waals surface area contributed by atoms with Crippen molar-refractivity contribution in [2.75, 3.05) is 32.5 Å². The fourth-order valence-electron chi connectivity index (χ4n) is 2.53. The molecular formula is C15H21N3O3. The molecule has 21 heavy (non-hydrogen) atoms. The maximum Gasteiger partial charge on any atom is 0.337 e. The number of hydrogen-bond donors (Lipinski definition) is 2. The van der Waals surface area contributed by atoms with E-state index in [0.29, 0.717) is 24.8 Å². The van der Waals surface area contributed by atoms with E-state index in [4.69, 9.17) is 5.11 Å². The van der Waals surface area contributed by atoms with Crippen molar-refractivity contribution in [3.8, 4) is 0 Å². The molecule has 1 unspecified atom stereocenters. The van der Waals surface area contributed by atoms with Gasteiger partial charge in [0.2, 0.25) is 0 Å². The number of carboxylic acid groups (broad SMARTS) is 1. The summed E-state index contributed by atoms with van der Waals surface area (Å²) >= 11 is 0. The van der Waals surface area contributed by atoms with Crippen LogP contribution in [0, 0.1) is 0 Å². The molecule has 0 saturated carbocycles. The second-order valence-electron chi connectivity index (χ2n) is 5.49. The zero-order chi connectivity index (χ0) is 15.4. The SMILES string of the molecule is CN(C)C1CCCN(C(=O)Nc2ccccc2C(=O)O)C1. The fourth-order valence-corrected chi connectivity index (χ4v) is 2.53. The van der Waals surface area contributed by atoms with E-state index in [1.165, 1.54) is 6.07 Å². The number of rotatable bonds is 3. The van der Waals surface area contributed by atoms with Gasteiger partial charge in [0.05, 0.1) is 11.3 Å². The first-order chi connectivity index (χ1) is 9.99. The standard InChI is InChI=1S/C15H21N3O3/c1-17(2)11-6-5-9-18(10-11)15(21)16-13-8-4-3-7-12(13)14(19)20/h3-4,7-8,11H,5-6,9-10H2,1-2H3,(H,16,21)(H,19,20). The van der Waals surface area contributed by atoms with E-state index >= 15 is 0 Å². The van der Waals surface area contributed by atoms with Crippen LogP contribution in [0.1, 0.15) is 23.2 Å². The van der Waals surface area contributed by atoms with Gasteiger partial charge in [0, 0.05) is 19.1 Å². The lowest BCUT2D eigenvalue weighted by molar-refractivity contribution is 0.0698. The van der Waals surface area contributed by atoms with Gasteiger partial charge in [-0.2, -0.15) is 0 Å². The van der Waals surface area contributed by atoms with Crippen LogP contribution in [0.5, 0.6) is 0 Å². The molecule has 6 nitrogen and oxygen atoms in total. The van der Waals surface area contributed by atoms with Crippen molar-refractivity contribution < 1.29 is 14.7 Å². The molecule has 0 spiro atoms. The highest BCUT2D eigenvalue weighted by Crippen LogP contribution is 2.18. The zero-order valence-corrected chi connectivity index (χ0v) is 12.4. The summed E-state index contributed by atoms with van der Waals surface area (Å²) < 4.78 is 0. The molecule has 114 valence electrons. The number of likely N-dealkylation sites (tertiary alicyclic amines) is 1. The first-order valence-corrected chi connectivity index (χ1v) is 7.03. The minimum absolute atomic E-state index is 0.104. The predicted molar refractivity (Wildman–Crippen MR) is 80.7 cm³/mol. The maximum atomic E-state index is 12.3. The quantitative estimate of drug-likeness (QED) is 0.892. The number of benzene rings is 1. The van der Waals surface area contributed by atoms with E-state index in [1.807, 2.05) is 14.1 Å². The summed E-state index contributed by atoms with van der Waals surface area (Å²) in [5, 5.41) is 11.8. The molecule has 0 bridgehead atoms. The minimum Gasteiger partial charge on any atom is -0.478 e. The lowest BCUT2D eigenvalue weighted by atomic mass is 10.1. The lowest BCUT2D eigenvalue weighted by Gasteiger charge is -2.36. The molecule has 0 aliphatic carbocycles. The fraction of sp³-hybridized carbons (Fsp3) is 0.467. The Hall–Kier alpha value is -2.08. The zero-order valence-electron chi connectivity index (χ0n) is 12.4. The van der Waals surface area contributed by atoms with Crippen LogP contribution in [0.2, 0.25) is 0 Å². The van der Waals surface area contributed by atoms with Gasteiger partial charge in [-0.05, 0) is 39.1 Å². The second kappa shape index (κ2) is 6.58. The summed E-state index contributed by atoms with van der Waals surface area (Å²) in [6.07, 6.45) is 2.03. The Bertz CT molecular complexity index is 531. The number of hydrogen-bond acceptors (Lipinski definition) is 3. The Morgan fingerprint density at radius 2 is 2.05 bits per heavy atom. The van der Waals surface area contributed by atoms with Crippen molar-refractivity contribution in [2.24, 2.45) is 0 Å². The Balaban J connectivity index is 2.06. The third-order valence-corrected chi connectivity index (χ3v) is 3.81. The third kappa shape index (κ3) is 3.72. The van der Waals surface area contributed by atoms with Gasteiger partial charge in [-0.25, -0.2) is 9.59 Å². The molecule has 6 heteroatoms. The molecule has 1 saturated heterocycles. The van der Waals surface area contributed by atoms with Gasteiger partial charge in [0.15, 0.2) is 0 Å². The summed E-state index contributed by atoms with van der Waals surface area (Å²) in [5.74, 6) is -1.05. The van der Waals surface area contributed by atoms with Gasteiger partial charge in [-0.1, -0.05) is 12.1 Å². The molecule has 1 aliphatic heterocycles. The molecule has 2 N–H and O–H groups in total. The lowest BCUT2D eigenvalue weighted by Crippen LogP contribution is -2.48. The van der Waals surface area contributed by atoms with Gasteiger partial charge in [0.1, 0.15) is 0 Å². The van der Waals surface area contributed by atoms with Crippen molar-refractivity contribution in [1.82, 2.24) is 9.80 Å². The molecule has 1 fully saturated rings. The largest absolute Gasteiger partial charge is 0.478 e. The van der Waals surface area contributed by atoms with Crippen molar-refractivity contribution >= 4 is 17.7 Å². The van der Waals surface area contributed by atoms with E-state index in [0.717, 1.165) is 12.8 Å². The summed E-state index contributed by atoms with van der Waals surface area (Å²) in [6, 6.07) is 6.54. The molecule has 2 amide bonds. The number of amides is 2. The van der Waals surface area contributed by atoms with E-state index in [1.54, 1.807) is 23.1 Å². The molecular weight excluding hydrogens is 270 g/mol. The van der Waals surface area contributed by atoms with Crippen LogP contribution < -0.4 is 5.32 Å². The van der Waals surface area contributed by atoms with Gasteiger partial charge < -0.3 is 20.2 Å². The number of urea groups is 1. The number of carboxylic acids is 1. The monoisotopic (exact) mass is 291 g/mol. The molecule has 1 heterocycles. The smallest absolute Gasteiger partial charge is 0.337 e. The predicted octanol–water partition coefficient (Wildman–Crippen LogP) is 1.94. The number of piperidine rings is 1. The summed E-state index contributed by atoms with van der Waals surface area (Å²) in [5.41, 5.74) is 0.439. The number of nitrogens with one attached hydrogen (secondary N) is 1. The van der Waals surface area contributed by atoms with Gasteiger partial charge in [0.25, 0.3) is 0 Å². The van der Waals surface area contributed by atoms with E-state index in [2.05, 4.69) is 10.2 Å². The van der Waals surface area contributed by atoms with Crippen molar-refractivity contribution in [1.29, 1.82) is 0 Å². The highest BCUT2D eigenvalue weighted by molar-refractivity contribution is 5.99. The summed E-state index contributed by atoms with van der Waals surface area (Å²) in [7, 11) is 4.01. The third-order valence-electron chi connectivity index (χ3n) is 3.81. The molecule has 0 aromatic heterocycles. The topological polar surface area (TPSA) is 72.9 Å². The van der Waals surface area contributed by atoms with E-state index < -0.39 is 5.97 Å². The van der Waals surface area contributed by atoms with Gasteiger partial charge in [-0.15, -0.1) is 0 Å². The van der Waals surface area contributed by atoms with Crippen LogP contribution in [-0.4, -0.2) is 60.1 Å². The highest BCUT2D eigenvalue weighted by atomic mass is 16.4. The molecule has 1 aromatic carbocycles. The van der Waals surface area contributed by atoms with Crippen molar-refractivity contribution in [3.63, 3.8) is 0 Å². The number of carbonyl (C=O) groups excluding carboxylic acids is 1. The van der Waals surface area contributed by atoms with Crippen molar-refractivity contribution in [2.45, 2.75) is 18.9 Å². The summed E-state index contributed by atoms with van der Waals surface area (Å²) in [6.45, 7) is 1.36. The van der Waals surface area contributed by atoms with Crippen LogP contribution >= 0.6 is 0 Å². The highest BCUT2D eigenvalue weighted by Gasteiger charge is 2.25. The normalized spacial score (nSPS) is 18.6. The number of anilines is 1. The average Bonchev–Trinajstić information content (AvgIpc) is 2.47. The van der Waals surface area contributed by atoms with Crippen LogP contribution in [0.15, 0.2) is 24.3 Å². The number of carbonyl (C=O) groups is 2. The summed E-state index contributed by atoms with van der Waals surface area (Å²) in [4.78, 5) is 27.3. The molecule has 1 atom stereocenters. The van der Waals surface area contributed by atoms with E-state index in [-0.39, 0.29) is 11.6 Å². The number of aromatic carboxylic acids is 1. The van der Waals surface area contributed by atoms with Gasteiger partial charge >= 0.3 is 12.0 Å². The number of nitrogens with zero attached hydrogens (tertiary/aromatic N) is 2. The maximum absolute atomic E-state index is 12.3. The minimum atomic E-state index is -1.05. The Morgan fingerprint density at radius 3 is 2.71 bits per heavy atom. The van der Waals surface area contributed by atoms with Crippen LogP contribution in [0.4, 0.5) is 10.5 Å². The molecule has 0 radical (unpaired) electrons. The molecule has 1 aliphatic rings. The van der Waals surface area contributed by atoms with Crippen LogP contribution in [-0.2, 0) is 0 Å². The number of likely N-dealkylation sites (N-methyl/N-ethyl adjacent to an activating group) is 1. The van der Waals surface area contributed by atoms with Gasteiger partial charge in [-0.3, -0.25) is 0 Å². The van der Waals surface area contributed by atoms with Crippen LogP contribution in [0.3, 0.4) is 0 Å². The Labute approximate surface area is 124 Å². The Kier molecular flexibility index (Phi) is 4.80. The first-order valence-electron chi connectivity index (χ1n) is 7.03.